The van der Waals surface area contributed by atoms with Gasteiger partial charge >= 0.3 is 42.1 Å². The summed E-state index contributed by atoms with van der Waals surface area (Å²) < 4.78 is 0. The van der Waals surface area contributed by atoms with Crippen LogP contribution in [0.3, 0.4) is 0 Å². The molecule has 0 fully saturated rings. The van der Waals surface area contributed by atoms with Gasteiger partial charge < -0.3 is 11.0 Å². The molecular formula is O2Pt2+4. The van der Waals surface area contributed by atoms with E-state index < -0.39 is 0 Å². The van der Waals surface area contributed by atoms with Crippen molar-refractivity contribution >= 4 is 0 Å². The van der Waals surface area contributed by atoms with E-state index in [-0.39, 0.29) is 53.1 Å². The first-order chi connectivity index (χ1) is 0. The summed E-state index contributed by atoms with van der Waals surface area (Å²) in [5.74, 6) is 0. The van der Waals surface area contributed by atoms with E-state index in [9.17, 15) is 0 Å². The van der Waals surface area contributed by atoms with E-state index in [1.54, 1.807) is 0 Å². The third-order valence-corrected chi connectivity index (χ3v) is 0. The summed E-state index contributed by atoms with van der Waals surface area (Å²) in [5.41, 5.74) is 0. The van der Waals surface area contributed by atoms with Crippen LogP contribution in [0.4, 0.5) is 0 Å². The summed E-state index contributed by atoms with van der Waals surface area (Å²) in [6.45, 7) is 0. The maximum Gasteiger partial charge on any atom is 4.00 e. The Hall–Kier alpha value is 1.30. The number of hydrogen-bond acceptors (Lipinski definition) is 0. The molecule has 0 aromatic carbocycles. The molecule has 0 bridgehead atoms. The zero-order chi connectivity index (χ0) is 0. The SMILES string of the molecule is [O-2].[O-2].[Pt+4].[Pt+4]. The fourth-order valence-electron chi connectivity index (χ4n) is 0. The minimum atomic E-state index is 0. The maximum absolute atomic E-state index is 0. The van der Waals surface area contributed by atoms with Gasteiger partial charge in [-0.2, -0.15) is 0 Å². The molecule has 4 heteroatoms. The molecule has 0 aromatic rings. The molecule has 0 amide bonds. The summed E-state index contributed by atoms with van der Waals surface area (Å²) in [6, 6.07) is 0. The van der Waals surface area contributed by atoms with Crippen molar-refractivity contribution in [1.82, 2.24) is 0 Å². The van der Waals surface area contributed by atoms with Gasteiger partial charge in [0.25, 0.3) is 0 Å². The van der Waals surface area contributed by atoms with Crippen molar-refractivity contribution in [3.63, 3.8) is 0 Å². The van der Waals surface area contributed by atoms with Crippen LogP contribution in [0, 0.1) is 0 Å². The standard InChI is InChI=1S/2O.2Pt/q2*-2;2*+4. The quantitative estimate of drug-likeness (QED) is 0.518. The van der Waals surface area contributed by atoms with Gasteiger partial charge in [0, 0.05) is 0 Å². The fourth-order valence-corrected chi connectivity index (χ4v) is 0. The van der Waals surface area contributed by atoms with Crippen LogP contribution in [0.15, 0.2) is 0 Å². The summed E-state index contributed by atoms with van der Waals surface area (Å²) in [4.78, 5) is 0. The molecule has 0 aliphatic rings. The Morgan fingerprint density at radius 3 is 0.500 bits per heavy atom. The Bertz CT molecular complexity index is 4.00. The van der Waals surface area contributed by atoms with Crippen molar-refractivity contribution in [3.8, 4) is 0 Å². The third kappa shape index (κ3) is 10.3. The average Bonchev–Trinajstić information content (AvgIpc) is 0. The molecule has 0 spiro atoms. The van der Waals surface area contributed by atoms with Crippen molar-refractivity contribution < 1.29 is 53.1 Å². The van der Waals surface area contributed by atoms with Gasteiger partial charge in [-0.15, -0.1) is 0 Å². The molecule has 0 heterocycles. The van der Waals surface area contributed by atoms with Gasteiger partial charge in [-0.3, -0.25) is 0 Å². The molecule has 0 N–H and O–H groups in total. The van der Waals surface area contributed by atoms with Crippen LogP contribution < -0.4 is 0 Å². The van der Waals surface area contributed by atoms with Gasteiger partial charge in [0.15, 0.2) is 0 Å². The van der Waals surface area contributed by atoms with E-state index in [4.69, 9.17) is 0 Å². The predicted molar refractivity (Wildman–Crippen MR) is 1.37 cm³/mol. The summed E-state index contributed by atoms with van der Waals surface area (Å²) in [5, 5.41) is 0. The summed E-state index contributed by atoms with van der Waals surface area (Å²) in [6.07, 6.45) is 0. The molecule has 4 heavy (non-hydrogen) atoms. The van der Waals surface area contributed by atoms with Gasteiger partial charge in [-0.1, -0.05) is 0 Å². The first-order valence-corrected chi connectivity index (χ1v) is 0. The van der Waals surface area contributed by atoms with Crippen LogP contribution in [-0.2, 0) is 53.1 Å². The molecule has 0 saturated carbocycles. The molecule has 0 atom stereocenters. The maximum atomic E-state index is 0. The minimum absolute atomic E-state index is 0. The van der Waals surface area contributed by atoms with Crippen LogP contribution in [0.1, 0.15) is 0 Å². The second-order valence-electron chi connectivity index (χ2n) is 0. The minimum Gasteiger partial charge on any atom is -2.00 e. The molecule has 0 radical (unpaired) electrons. The van der Waals surface area contributed by atoms with Crippen LogP contribution in [0.5, 0.6) is 0 Å². The molecule has 0 aliphatic carbocycles. The summed E-state index contributed by atoms with van der Waals surface area (Å²) in [7, 11) is 0. The van der Waals surface area contributed by atoms with Gasteiger partial charge in [0.1, 0.15) is 0 Å². The summed E-state index contributed by atoms with van der Waals surface area (Å²) >= 11 is 0. The molecule has 0 rings (SSSR count). The smallest absolute Gasteiger partial charge is 2.00 e. The Labute approximate surface area is 53.1 Å². The Kier molecular flexibility index (Phi) is 404. The largest absolute Gasteiger partial charge is 4.00 e. The number of rotatable bonds is 0. The van der Waals surface area contributed by atoms with Crippen LogP contribution in [0.2, 0.25) is 0 Å². The van der Waals surface area contributed by atoms with E-state index in [1.807, 2.05) is 0 Å². The second-order valence-corrected chi connectivity index (χ2v) is 0. The van der Waals surface area contributed by atoms with Gasteiger partial charge in [0.2, 0.25) is 0 Å². The molecule has 0 saturated heterocycles. The van der Waals surface area contributed by atoms with Crippen molar-refractivity contribution in [3.05, 3.63) is 0 Å². The Balaban J connectivity index is 0. The molecule has 0 unspecified atom stereocenters. The predicted octanol–water partition coefficient (Wildman–Crippen LogP) is -0.243. The first-order valence-electron chi connectivity index (χ1n) is 0. The van der Waals surface area contributed by atoms with E-state index in [2.05, 4.69) is 0 Å². The zero-order valence-corrected chi connectivity index (χ0v) is 5.99. The van der Waals surface area contributed by atoms with Crippen molar-refractivity contribution in [2.75, 3.05) is 0 Å². The molecular weight excluding hydrogens is 422 g/mol. The first kappa shape index (κ1) is 58.2. The van der Waals surface area contributed by atoms with E-state index in [0.29, 0.717) is 0 Å². The molecule has 0 aromatic heterocycles. The molecule has 0 aliphatic heterocycles. The van der Waals surface area contributed by atoms with Gasteiger partial charge in [-0.25, -0.2) is 0 Å². The molecule has 28 valence electrons. The van der Waals surface area contributed by atoms with Crippen molar-refractivity contribution in [2.24, 2.45) is 0 Å². The second kappa shape index (κ2) is 27.8. The van der Waals surface area contributed by atoms with Gasteiger partial charge in [0.05, 0.1) is 0 Å². The number of hydrogen-bond donors (Lipinski definition) is 0. The average molecular weight is 422 g/mol. The van der Waals surface area contributed by atoms with Crippen molar-refractivity contribution in [1.29, 1.82) is 0 Å². The molecule has 2 nitrogen and oxygen atoms in total. The monoisotopic (exact) mass is 422 g/mol. The van der Waals surface area contributed by atoms with Crippen LogP contribution in [0.25, 0.3) is 0 Å². The topological polar surface area (TPSA) is 57.0 Å². The van der Waals surface area contributed by atoms with Crippen molar-refractivity contribution in [2.45, 2.75) is 0 Å². The Morgan fingerprint density at radius 1 is 0.500 bits per heavy atom. The fraction of sp³-hybridized carbons (Fsp3) is 0. The normalized spacial score (nSPS) is 0. The zero-order valence-electron chi connectivity index (χ0n) is 1.45. The van der Waals surface area contributed by atoms with E-state index in [0.717, 1.165) is 0 Å². The van der Waals surface area contributed by atoms with Gasteiger partial charge in [-0.05, 0) is 0 Å². The third-order valence-electron chi connectivity index (χ3n) is 0. The van der Waals surface area contributed by atoms with Crippen LogP contribution >= 0.6 is 0 Å². The van der Waals surface area contributed by atoms with Crippen LogP contribution in [-0.4, -0.2) is 0 Å². The Morgan fingerprint density at radius 2 is 0.500 bits per heavy atom. The van der Waals surface area contributed by atoms with E-state index >= 15 is 0 Å². The van der Waals surface area contributed by atoms with E-state index in [1.165, 1.54) is 0 Å².